The van der Waals surface area contributed by atoms with Crippen LogP contribution in [0.5, 0.6) is 11.5 Å². The van der Waals surface area contributed by atoms with Gasteiger partial charge in [-0.15, -0.1) is 0 Å². The van der Waals surface area contributed by atoms with Gasteiger partial charge < -0.3 is 23.5 Å². The lowest BCUT2D eigenvalue weighted by atomic mass is 9.48. The van der Waals surface area contributed by atoms with E-state index in [4.69, 9.17) is 18.4 Å². The number of likely N-dealkylation sites (tertiary alicyclic amines) is 1. The zero-order valence-corrected chi connectivity index (χ0v) is 19.0. The molecule has 0 aromatic heterocycles. The summed E-state index contributed by atoms with van der Waals surface area (Å²) >= 11 is 0. The number of piperidine rings is 1. The number of rotatable bonds is 4. The summed E-state index contributed by atoms with van der Waals surface area (Å²) in [4.78, 5) is 2.50. The molecule has 2 unspecified atom stereocenters. The van der Waals surface area contributed by atoms with Crippen LogP contribution in [0.2, 0.25) is 0 Å². The molecule has 2 saturated carbocycles. The van der Waals surface area contributed by atoms with E-state index in [-0.39, 0.29) is 11.8 Å². The van der Waals surface area contributed by atoms with E-state index in [9.17, 15) is 13.5 Å². The van der Waals surface area contributed by atoms with E-state index in [0.29, 0.717) is 38.2 Å². The molecule has 7 rings (SSSR count). The first-order valence-electron chi connectivity index (χ1n) is 11.7. The number of benzene rings is 1. The molecule has 3 heterocycles. The molecule has 6 aliphatic rings. The lowest BCUT2D eigenvalue weighted by molar-refractivity contribution is -0.296. The molecule has 4 atom stereocenters. The van der Waals surface area contributed by atoms with Gasteiger partial charge in [0.05, 0.1) is 30.5 Å². The highest BCUT2D eigenvalue weighted by Gasteiger charge is 2.77. The second-order valence-electron chi connectivity index (χ2n) is 10.5. The van der Waals surface area contributed by atoms with Gasteiger partial charge in [0.2, 0.25) is 5.79 Å². The maximum atomic E-state index is 12.5. The number of fused-ring (bicyclic) bond motifs is 1. The van der Waals surface area contributed by atoms with Crippen LogP contribution in [-0.2, 0) is 31.4 Å². The highest BCUT2D eigenvalue weighted by atomic mass is 32.2. The second-order valence-corrected chi connectivity index (χ2v) is 12.1. The highest BCUT2D eigenvalue weighted by Crippen LogP contribution is 2.68. The zero-order valence-electron chi connectivity index (χ0n) is 18.2. The van der Waals surface area contributed by atoms with Crippen molar-refractivity contribution in [1.82, 2.24) is 4.90 Å². The molecular formula is C23H29NO7S. The van der Waals surface area contributed by atoms with E-state index in [2.05, 4.69) is 4.90 Å². The topological polar surface area (TPSA) is 94.5 Å². The minimum Gasteiger partial charge on any atom is -0.479 e. The first-order valence-corrected chi connectivity index (χ1v) is 13.5. The Balaban J connectivity index is 1.43. The number of ether oxygens (including phenoxy) is 3. The van der Waals surface area contributed by atoms with Crippen LogP contribution in [0, 0.1) is 5.92 Å². The van der Waals surface area contributed by atoms with Gasteiger partial charge in [-0.25, -0.2) is 0 Å². The molecule has 174 valence electrons. The van der Waals surface area contributed by atoms with Crippen molar-refractivity contribution in [2.75, 3.05) is 32.6 Å². The number of hydrogen-bond donors (Lipinski definition) is 1. The summed E-state index contributed by atoms with van der Waals surface area (Å²) in [5.41, 5.74) is 0.313. The Morgan fingerprint density at radius 3 is 2.69 bits per heavy atom. The van der Waals surface area contributed by atoms with Gasteiger partial charge in [0, 0.05) is 24.6 Å². The second kappa shape index (κ2) is 6.18. The van der Waals surface area contributed by atoms with Crippen LogP contribution in [0.1, 0.15) is 43.2 Å². The Labute approximate surface area is 187 Å². The van der Waals surface area contributed by atoms with Crippen molar-refractivity contribution < 1.29 is 31.9 Å². The Morgan fingerprint density at radius 2 is 1.97 bits per heavy atom. The summed E-state index contributed by atoms with van der Waals surface area (Å²) in [6, 6.07) is 3.65. The number of aliphatic hydroxyl groups is 1. The molecular weight excluding hydrogens is 434 g/mol. The van der Waals surface area contributed by atoms with E-state index < -0.39 is 33.0 Å². The molecule has 3 aliphatic carbocycles. The third-order valence-corrected chi connectivity index (χ3v) is 9.25. The van der Waals surface area contributed by atoms with Crippen LogP contribution >= 0.6 is 0 Å². The normalized spacial score (nSPS) is 39.1. The third kappa shape index (κ3) is 2.44. The van der Waals surface area contributed by atoms with Crippen molar-refractivity contribution in [3.63, 3.8) is 0 Å². The molecule has 8 nitrogen and oxygen atoms in total. The van der Waals surface area contributed by atoms with Crippen molar-refractivity contribution in [3.05, 3.63) is 23.3 Å². The van der Waals surface area contributed by atoms with Gasteiger partial charge >= 0.3 is 10.1 Å². The first kappa shape index (κ1) is 20.0. The van der Waals surface area contributed by atoms with Gasteiger partial charge in [0.25, 0.3) is 0 Å². The van der Waals surface area contributed by atoms with Crippen molar-refractivity contribution >= 4 is 10.1 Å². The zero-order chi connectivity index (χ0) is 21.9. The number of hydrogen-bond acceptors (Lipinski definition) is 8. The maximum absolute atomic E-state index is 12.5. The molecule has 1 aromatic rings. The fourth-order valence-electron chi connectivity index (χ4n) is 7.42. The molecule has 1 N–H and O–H groups in total. The highest BCUT2D eigenvalue weighted by molar-refractivity contribution is 7.86. The standard InChI is InChI=1S/C23H29NO7S/c1-32(26,27)31-16-5-4-15-12-17-22(25)6-7-23(28-10-11-29-23)20-21(22,18(15)19(16)30-20)8-9-24(17)13-14-2-3-14/h4-5,14,17,20,25H,2-3,6-13H2,1H3/t17-,20?,21+,22?/m1/s1. The van der Waals surface area contributed by atoms with Gasteiger partial charge in [-0.1, -0.05) is 6.07 Å². The Kier molecular flexibility index (Phi) is 3.87. The average Bonchev–Trinajstić information content (AvgIpc) is 3.28. The largest absolute Gasteiger partial charge is 0.479 e. The lowest BCUT2D eigenvalue weighted by Gasteiger charge is -2.65. The van der Waals surface area contributed by atoms with Crippen molar-refractivity contribution in [2.45, 2.75) is 67.5 Å². The third-order valence-electron chi connectivity index (χ3n) is 8.77. The predicted molar refractivity (Wildman–Crippen MR) is 113 cm³/mol. The predicted octanol–water partition coefficient (Wildman–Crippen LogP) is 1.33. The van der Waals surface area contributed by atoms with Crippen LogP contribution in [0.25, 0.3) is 0 Å². The van der Waals surface area contributed by atoms with E-state index in [1.165, 1.54) is 12.8 Å². The fraction of sp³-hybridized carbons (Fsp3) is 0.739. The molecule has 32 heavy (non-hydrogen) atoms. The van der Waals surface area contributed by atoms with Gasteiger partial charge in [0.15, 0.2) is 17.6 Å². The average molecular weight is 464 g/mol. The smallest absolute Gasteiger partial charge is 0.306 e. The Bertz CT molecular complexity index is 1100. The van der Waals surface area contributed by atoms with Crippen molar-refractivity contribution in [2.24, 2.45) is 5.92 Å². The lowest BCUT2D eigenvalue weighted by Crippen LogP contribution is -2.79. The van der Waals surface area contributed by atoms with Crippen LogP contribution in [-0.4, -0.2) is 74.5 Å². The summed E-state index contributed by atoms with van der Waals surface area (Å²) in [5, 5.41) is 12.5. The summed E-state index contributed by atoms with van der Waals surface area (Å²) in [6.07, 6.45) is 5.59. The summed E-state index contributed by atoms with van der Waals surface area (Å²) in [5.74, 6) is 0.434. The molecule has 9 heteroatoms. The van der Waals surface area contributed by atoms with Crippen LogP contribution in [0.3, 0.4) is 0 Å². The molecule has 3 aliphatic heterocycles. The molecule has 0 radical (unpaired) electrons. The molecule has 2 saturated heterocycles. The molecule has 1 aromatic carbocycles. The van der Waals surface area contributed by atoms with Gasteiger partial charge in [-0.3, -0.25) is 4.90 Å². The SMILES string of the molecule is CS(=O)(=O)Oc1ccc2c3c1OC1C4(CCC5(O)[C@@H](C2)N(CC2CC2)CC[C@]315)OCCO4. The summed E-state index contributed by atoms with van der Waals surface area (Å²) in [7, 11) is -3.73. The molecule has 0 amide bonds. The molecule has 4 fully saturated rings. The van der Waals surface area contributed by atoms with Crippen molar-refractivity contribution in [1.29, 1.82) is 0 Å². The number of nitrogens with zero attached hydrogens (tertiary/aromatic N) is 1. The minimum absolute atomic E-state index is 0.00169. The summed E-state index contributed by atoms with van der Waals surface area (Å²) in [6.45, 7) is 2.88. The maximum Gasteiger partial charge on any atom is 0.306 e. The van der Waals surface area contributed by atoms with E-state index in [1.807, 2.05) is 6.07 Å². The Hall–Kier alpha value is -1.39. The first-order chi connectivity index (χ1) is 15.3. The Morgan fingerprint density at radius 1 is 1.19 bits per heavy atom. The van der Waals surface area contributed by atoms with E-state index in [0.717, 1.165) is 42.8 Å². The minimum atomic E-state index is -3.73. The van der Waals surface area contributed by atoms with Crippen molar-refractivity contribution in [3.8, 4) is 11.5 Å². The van der Waals surface area contributed by atoms with E-state index >= 15 is 0 Å². The van der Waals surface area contributed by atoms with Gasteiger partial charge in [-0.2, -0.15) is 8.42 Å². The van der Waals surface area contributed by atoms with Crippen LogP contribution < -0.4 is 8.92 Å². The monoisotopic (exact) mass is 463 g/mol. The van der Waals surface area contributed by atoms with Crippen LogP contribution in [0.4, 0.5) is 0 Å². The summed E-state index contributed by atoms with van der Waals surface area (Å²) < 4.78 is 48.2. The van der Waals surface area contributed by atoms with Gasteiger partial charge in [0.1, 0.15) is 0 Å². The molecule has 2 spiro atoms. The van der Waals surface area contributed by atoms with Crippen LogP contribution in [0.15, 0.2) is 12.1 Å². The van der Waals surface area contributed by atoms with E-state index in [1.54, 1.807) is 6.07 Å². The fourth-order valence-corrected chi connectivity index (χ4v) is 7.88. The molecule has 2 bridgehead atoms. The van der Waals surface area contributed by atoms with Gasteiger partial charge in [-0.05, 0) is 56.2 Å². The quantitative estimate of drug-likeness (QED) is 0.669.